The summed E-state index contributed by atoms with van der Waals surface area (Å²) in [7, 11) is 0. The zero-order chi connectivity index (χ0) is 19.4. The van der Waals surface area contributed by atoms with E-state index in [1.54, 1.807) is 0 Å². The van der Waals surface area contributed by atoms with Crippen LogP contribution < -0.4 is 0 Å². The molecule has 8 heteroatoms. The maximum absolute atomic E-state index is 13.3. The molecule has 1 aromatic rings. The van der Waals surface area contributed by atoms with Gasteiger partial charge in [-0.05, 0) is 25.8 Å². The third-order valence-corrected chi connectivity index (χ3v) is 3.79. The molecule has 146 valence electrons. The number of alkyl halides is 3. The lowest BCUT2D eigenvalue weighted by Gasteiger charge is -2.27. The standard InChI is InChI=1S/C18H23F3O5/c1-12(22)24-16(18(19,20)21)15-14(25-17(2,3)26-15)9-10-23-11-13-7-5-4-6-8-13/h4-8,14-16H,9-11H2,1-3H3/t14-,15-,16-/m0/s1. The van der Waals surface area contributed by atoms with Gasteiger partial charge < -0.3 is 18.9 Å². The van der Waals surface area contributed by atoms with Crippen LogP contribution >= 0.6 is 0 Å². The smallest absolute Gasteiger partial charge is 0.428 e. The van der Waals surface area contributed by atoms with Crippen LogP contribution in [0.25, 0.3) is 0 Å². The summed E-state index contributed by atoms with van der Waals surface area (Å²) in [6.07, 6.45) is -9.33. The Morgan fingerprint density at radius 1 is 1.23 bits per heavy atom. The van der Waals surface area contributed by atoms with E-state index in [1.165, 1.54) is 13.8 Å². The summed E-state index contributed by atoms with van der Waals surface area (Å²) >= 11 is 0. The summed E-state index contributed by atoms with van der Waals surface area (Å²) in [4.78, 5) is 11.1. The highest BCUT2D eigenvalue weighted by atomic mass is 19.4. The molecule has 0 amide bonds. The van der Waals surface area contributed by atoms with Gasteiger partial charge in [0.05, 0.1) is 12.7 Å². The molecule has 1 aliphatic rings. The van der Waals surface area contributed by atoms with Crippen LogP contribution in [0.1, 0.15) is 32.8 Å². The highest BCUT2D eigenvalue weighted by Crippen LogP contribution is 2.38. The Kier molecular flexibility index (Phi) is 6.65. The van der Waals surface area contributed by atoms with Gasteiger partial charge >= 0.3 is 12.1 Å². The van der Waals surface area contributed by atoms with Crippen LogP contribution in [-0.4, -0.2) is 42.9 Å². The molecule has 1 aromatic carbocycles. The van der Waals surface area contributed by atoms with Crippen LogP contribution in [0.3, 0.4) is 0 Å². The molecule has 3 atom stereocenters. The van der Waals surface area contributed by atoms with Gasteiger partial charge in [0.2, 0.25) is 6.10 Å². The maximum atomic E-state index is 13.3. The number of carbonyl (C=O) groups excluding carboxylic acids is 1. The number of rotatable bonds is 7. The maximum Gasteiger partial charge on any atom is 0.428 e. The second kappa shape index (κ2) is 8.37. The van der Waals surface area contributed by atoms with Gasteiger partial charge in [-0.25, -0.2) is 0 Å². The molecule has 0 saturated carbocycles. The molecule has 1 saturated heterocycles. The summed E-state index contributed by atoms with van der Waals surface area (Å²) in [6, 6.07) is 9.41. The Bertz CT molecular complexity index is 588. The van der Waals surface area contributed by atoms with E-state index >= 15 is 0 Å². The van der Waals surface area contributed by atoms with Gasteiger partial charge in [-0.3, -0.25) is 4.79 Å². The van der Waals surface area contributed by atoms with Crippen LogP contribution in [0.15, 0.2) is 30.3 Å². The van der Waals surface area contributed by atoms with Crippen molar-refractivity contribution in [2.45, 2.75) is 64.1 Å². The molecule has 2 rings (SSSR count). The zero-order valence-corrected chi connectivity index (χ0v) is 14.9. The summed E-state index contributed by atoms with van der Waals surface area (Å²) < 4.78 is 60.9. The number of halogens is 3. The topological polar surface area (TPSA) is 54.0 Å². The lowest BCUT2D eigenvalue weighted by Crippen LogP contribution is -2.48. The number of benzene rings is 1. The van der Waals surface area contributed by atoms with Gasteiger partial charge in [0.25, 0.3) is 0 Å². The highest BCUT2D eigenvalue weighted by molar-refractivity contribution is 5.66. The zero-order valence-electron chi connectivity index (χ0n) is 14.9. The summed E-state index contributed by atoms with van der Waals surface area (Å²) in [5, 5.41) is 0. The quantitative estimate of drug-likeness (QED) is 0.538. The van der Waals surface area contributed by atoms with E-state index in [2.05, 4.69) is 4.74 Å². The number of esters is 1. The Labute approximate surface area is 150 Å². The van der Waals surface area contributed by atoms with E-state index in [1.807, 2.05) is 30.3 Å². The van der Waals surface area contributed by atoms with Crippen molar-refractivity contribution in [3.05, 3.63) is 35.9 Å². The van der Waals surface area contributed by atoms with Crippen molar-refractivity contribution in [3.63, 3.8) is 0 Å². The molecule has 0 N–H and O–H groups in total. The minimum Gasteiger partial charge on any atom is -0.450 e. The molecular weight excluding hydrogens is 353 g/mol. The molecule has 0 bridgehead atoms. The first-order valence-corrected chi connectivity index (χ1v) is 8.30. The van der Waals surface area contributed by atoms with E-state index in [0.29, 0.717) is 6.61 Å². The van der Waals surface area contributed by atoms with Crippen molar-refractivity contribution in [1.29, 1.82) is 0 Å². The molecule has 0 radical (unpaired) electrons. The third-order valence-electron chi connectivity index (χ3n) is 3.79. The van der Waals surface area contributed by atoms with Crippen LogP contribution in [-0.2, 0) is 30.3 Å². The van der Waals surface area contributed by atoms with Crippen LogP contribution in [0.5, 0.6) is 0 Å². The molecule has 0 spiro atoms. The van der Waals surface area contributed by atoms with Gasteiger partial charge in [0.1, 0.15) is 6.10 Å². The van der Waals surface area contributed by atoms with E-state index in [0.717, 1.165) is 12.5 Å². The van der Waals surface area contributed by atoms with Gasteiger partial charge in [-0.1, -0.05) is 30.3 Å². The van der Waals surface area contributed by atoms with E-state index in [4.69, 9.17) is 14.2 Å². The van der Waals surface area contributed by atoms with E-state index in [9.17, 15) is 18.0 Å². The molecule has 0 unspecified atom stereocenters. The van der Waals surface area contributed by atoms with Gasteiger partial charge in [-0.15, -0.1) is 0 Å². The summed E-state index contributed by atoms with van der Waals surface area (Å²) in [6.45, 7) is 4.49. The van der Waals surface area contributed by atoms with Crippen LogP contribution in [0, 0.1) is 0 Å². The number of carbonyl (C=O) groups is 1. The van der Waals surface area contributed by atoms with Crippen molar-refractivity contribution >= 4 is 5.97 Å². The fourth-order valence-electron chi connectivity index (χ4n) is 2.81. The lowest BCUT2D eigenvalue weighted by molar-refractivity contribution is -0.252. The monoisotopic (exact) mass is 376 g/mol. The number of ether oxygens (including phenoxy) is 4. The largest absolute Gasteiger partial charge is 0.450 e. The van der Waals surface area contributed by atoms with Gasteiger partial charge in [0.15, 0.2) is 5.79 Å². The van der Waals surface area contributed by atoms with Crippen molar-refractivity contribution < 1.29 is 36.9 Å². The Hall–Kier alpha value is -1.64. The molecule has 5 nitrogen and oxygen atoms in total. The summed E-state index contributed by atoms with van der Waals surface area (Å²) in [5.41, 5.74) is 0.959. The van der Waals surface area contributed by atoms with E-state index in [-0.39, 0.29) is 13.0 Å². The first-order chi connectivity index (χ1) is 12.1. The molecule has 0 aromatic heterocycles. The average molecular weight is 376 g/mol. The Morgan fingerprint density at radius 2 is 1.88 bits per heavy atom. The first kappa shape index (κ1) is 20.7. The van der Waals surface area contributed by atoms with Crippen molar-refractivity contribution in [3.8, 4) is 0 Å². The third kappa shape index (κ3) is 5.96. The van der Waals surface area contributed by atoms with Crippen LogP contribution in [0.4, 0.5) is 13.2 Å². The Balaban J connectivity index is 1.98. The SMILES string of the molecule is CC(=O)O[C@@H]([C@H]1OC(C)(C)O[C@H]1CCOCc1ccccc1)C(F)(F)F. The molecule has 1 heterocycles. The number of hydrogen-bond acceptors (Lipinski definition) is 5. The number of hydrogen-bond donors (Lipinski definition) is 0. The van der Waals surface area contributed by atoms with Crippen molar-refractivity contribution in [1.82, 2.24) is 0 Å². The molecule has 1 aliphatic heterocycles. The predicted octanol–water partition coefficient (Wildman–Crippen LogP) is 3.61. The highest BCUT2D eigenvalue weighted by Gasteiger charge is 2.56. The lowest BCUT2D eigenvalue weighted by atomic mass is 10.0. The van der Waals surface area contributed by atoms with Gasteiger partial charge in [-0.2, -0.15) is 13.2 Å². The van der Waals surface area contributed by atoms with Crippen LogP contribution in [0.2, 0.25) is 0 Å². The second-order valence-electron chi connectivity index (χ2n) is 6.54. The minimum atomic E-state index is -4.76. The fraction of sp³-hybridized carbons (Fsp3) is 0.611. The van der Waals surface area contributed by atoms with Crippen molar-refractivity contribution in [2.24, 2.45) is 0 Å². The molecule has 0 aliphatic carbocycles. The van der Waals surface area contributed by atoms with Gasteiger partial charge in [0, 0.05) is 13.5 Å². The Morgan fingerprint density at radius 3 is 2.46 bits per heavy atom. The second-order valence-corrected chi connectivity index (χ2v) is 6.54. The molecule has 26 heavy (non-hydrogen) atoms. The summed E-state index contributed by atoms with van der Waals surface area (Å²) in [5.74, 6) is -2.24. The molecule has 1 fully saturated rings. The predicted molar refractivity (Wildman–Crippen MR) is 86.1 cm³/mol. The van der Waals surface area contributed by atoms with E-state index < -0.39 is 36.2 Å². The first-order valence-electron chi connectivity index (χ1n) is 8.30. The average Bonchev–Trinajstić information content (AvgIpc) is 2.83. The van der Waals surface area contributed by atoms with Crippen molar-refractivity contribution in [2.75, 3.05) is 6.61 Å². The normalized spacial score (nSPS) is 23.6. The minimum absolute atomic E-state index is 0.175. The fourth-order valence-corrected chi connectivity index (χ4v) is 2.81. The molecular formula is C18H23F3O5.